The van der Waals surface area contributed by atoms with Gasteiger partial charge in [-0.2, -0.15) is 9.29 Å². The number of halogens is 1. The lowest BCUT2D eigenvalue weighted by atomic mass is 10.2. The highest BCUT2D eigenvalue weighted by Crippen LogP contribution is 2.29. The summed E-state index contributed by atoms with van der Waals surface area (Å²) in [5.41, 5.74) is 0.519. The van der Waals surface area contributed by atoms with Gasteiger partial charge in [0.1, 0.15) is 4.90 Å². The molecule has 1 aromatic carbocycles. The van der Waals surface area contributed by atoms with Gasteiger partial charge in [0, 0.05) is 31.1 Å². The highest BCUT2D eigenvalue weighted by molar-refractivity contribution is 7.89. The van der Waals surface area contributed by atoms with Gasteiger partial charge >= 0.3 is 0 Å². The van der Waals surface area contributed by atoms with E-state index in [9.17, 15) is 8.42 Å². The molecule has 0 amide bonds. The molecule has 0 aliphatic rings. The maximum absolute atomic E-state index is 12.8. The van der Waals surface area contributed by atoms with E-state index in [4.69, 9.17) is 16.1 Å². The van der Waals surface area contributed by atoms with Gasteiger partial charge in [0.25, 0.3) is 5.89 Å². The topological polar surface area (TPSA) is 88.3 Å². The average molecular weight is 387 g/mol. The van der Waals surface area contributed by atoms with Crippen LogP contribution in [0.25, 0.3) is 11.5 Å². The molecule has 1 atom stereocenters. The van der Waals surface area contributed by atoms with E-state index in [2.05, 4.69) is 15.5 Å². The van der Waals surface area contributed by atoms with Crippen LogP contribution in [0.15, 0.2) is 27.6 Å². The molecule has 0 aliphatic carbocycles. The van der Waals surface area contributed by atoms with Crippen molar-refractivity contribution in [2.45, 2.75) is 38.1 Å². The zero-order chi connectivity index (χ0) is 18.6. The Hall–Kier alpha value is -1.48. The number of hydrogen-bond acceptors (Lipinski definition) is 6. The molecule has 0 saturated carbocycles. The fourth-order valence-electron chi connectivity index (χ4n) is 2.37. The lowest BCUT2D eigenvalue weighted by Gasteiger charge is -2.19. The summed E-state index contributed by atoms with van der Waals surface area (Å²) in [7, 11) is -1.82. The summed E-state index contributed by atoms with van der Waals surface area (Å²) < 4.78 is 32.1. The van der Waals surface area contributed by atoms with Gasteiger partial charge in [-0.05, 0) is 32.2 Å². The van der Waals surface area contributed by atoms with Crippen LogP contribution in [0.3, 0.4) is 0 Å². The number of likely N-dealkylation sites (N-methyl/N-ethyl adjacent to an activating group) is 1. The average Bonchev–Trinajstić information content (AvgIpc) is 3.04. The molecule has 1 aromatic heterocycles. The second-order valence-electron chi connectivity index (χ2n) is 5.64. The normalized spacial score (nSPS) is 13.4. The van der Waals surface area contributed by atoms with Crippen LogP contribution in [-0.4, -0.2) is 49.0 Å². The van der Waals surface area contributed by atoms with Gasteiger partial charge in [-0.25, -0.2) is 8.42 Å². The minimum Gasteiger partial charge on any atom is -0.334 e. The highest BCUT2D eigenvalue weighted by Gasteiger charge is 2.25. The van der Waals surface area contributed by atoms with Crippen LogP contribution in [0.2, 0.25) is 5.02 Å². The first-order valence-corrected chi connectivity index (χ1v) is 9.95. The van der Waals surface area contributed by atoms with E-state index in [1.54, 1.807) is 19.9 Å². The molecule has 0 saturated heterocycles. The van der Waals surface area contributed by atoms with Crippen molar-refractivity contribution in [2.75, 3.05) is 20.1 Å². The Morgan fingerprint density at radius 1 is 1.32 bits per heavy atom. The van der Waals surface area contributed by atoms with Gasteiger partial charge in [0.15, 0.2) is 5.82 Å². The molecule has 0 bridgehead atoms. The van der Waals surface area contributed by atoms with E-state index in [0.29, 0.717) is 30.9 Å². The smallest absolute Gasteiger partial charge is 0.257 e. The largest absolute Gasteiger partial charge is 0.334 e. The second-order valence-corrected chi connectivity index (χ2v) is 7.96. The van der Waals surface area contributed by atoms with Crippen LogP contribution >= 0.6 is 11.6 Å². The van der Waals surface area contributed by atoms with Crippen LogP contribution < -0.4 is 5.32 Å². The maximum Gasteiger partial charge on any atom is 0.257 e. The monoisotopic (exact) mass is 386 g/mol. The van der Waals surface area contributed by atoms with Crippen LogP contribution in [0.5, 0.6) is 0 Å². The highest BCUT2D eigenvalue weighted by atomic mass is 35.5. The Balaban J connectivity index is 2.39. The van der Waals surface area contributed by atoms with Gasteiger partial charge in [-0.15, -0.1) is 0 Å². The molecule has 0 fully saturated rings. The van der Waals surface area contributed by atoms with Crippen LogP contribution in [0.4, 0.5) is 0 Å². The third-order valence-corrected chi connectivity index (χ3v) is 6.48. The van der Waals surface area contributed by atoms with Gasteiger partial charge in [-0.3, -0.25) is 0 Å². The van der Waals surface area contributed by atoms with Crippen molar-refractivity contribution in [3.63, 3.8) is 0 Å². The summed E-state index contributed by atoms with van der Waals surface area (Å²) in [4.78, 5) is 4.38. The predicted molar refractivity (Wildman–Crippen MR) is 97.1 cm³/mol. The number of nitrogens with one attached hydrogen (secondary N) is 1. The first-order chi connectivity index (χ1) is 11.8. The second kappa shape index (κ2) is 8.27. The van der Waals surface area contributed by atoms with E-state index in [-0.39, 0.29) is 21.9 Å². The molecule has 7 nitrogen and oxygen atoms in total. The molecule has 0 radical (unpaired) electrons. The van der Waals surface area contributed by atoms with Crippen molar-refractivity contribution in [2.24, 2.45) is 0 Å². The summed E-state index contributed by atoms with van der Waals surface area (Å²) in [6.07, 6.45) is 0.609. The van der Waals surface area contributed by atoms with Gasteiger partial charge in [0.2, 0.25) is 10.0 Å². The van der Waals surface area contributed by atoms with Crippen molar-refractivity contribution in [1.82, 2.24) is 19.8 Å². The Labute approximate surface area is 153 Å². The maximum atomic E-state index is 12.8. The molecular formula is C16H23ClN4O3S. The Morgan fingerprint density at radius 3 is 2.60 bits per heavy atom. The lowest BCUT2D eigenvalue weighted by molar-refractivity contribution is 0.418. The zero-order valence-electron chi connectivity index (χ0n) is 14.8. The van der Waals surface area contributed by atoms with Crippen LogP contribution in [0, 0.1) is 0 Å². The molecule has 0 aliphatic heterocycles. The summed E-state index contributed by atoms with van der Waals surface area (Å²) >= 11 is 6.14. The SMILES string of the molecule is CCN(CC)S(=O)(=O)c1cc(-c2nc(CC(C)NC)no2)ccc1Cl. The van der Waals surface area contributed by atoms with E-state index in [0.717, 1.165) is 0 Å². The van der Waals surface area contributed by atoms with Crippen molar-refractivity contribution in [3.05, 3.63) is 29.0 Å². The third-order valence-electron chi connectivity index (χ3n) is 3.95. The molecule has 2 rings (SSSR count). The molecule has 138 valence electrons. The van der Waals surface area contributed by atoms with Gasteiger partial charge in [-0.1, -0.05) is 30.6 Å². The molecule has 9 heteroatoms. The Kier molecular flexibility index (Phi) is 6.56. The first-order valence-electron chi connectivity index (χ1n) is 8.13. The molecule has 2 aromatic rings. The van der Waals surface area contributed by atoms with Crippen LogP contribution in [-0.2, 0) is 16.4 Å². The minimum atomic E-state index is -3.68. The van der Waals surface area contributed by atoms with Crippen molar-refractivity contribution in [1.29, 1.82) is 0 Å². The van der Waals surface area contributed by atoms with E-state index >= 15 is 0 Å². The Morgan fingerprint density at radius 2 is 2.00 bits per heavy atom. The standard InChI is InChI=1S/C16H23ClN4O3S/c1-5-21(6-2)25(22,23)14-10-12(7-8-13(14)17)16-19-15(20-24-16)9-11(3)18-4/h7-8,10-11,18H,5-6,9H2,1-4H3. The van der Waals surface area contributed by atoms with E-state index in [1.807, 2.05) is 14.0 Å². The van der Waals surface area contributed by atoms with E-state index in [1.165, 1.54) is 16.4 Å². The van der Waals surface area contributed by atoms with Crippen molar-refractivity contribution < 1.29 is 12.9 Å². The molecule has 25 heavy (non-hydrogen) atoms. The fraction of sp³-hybridized carbons (Fsp3) is 0.500. The number of benzene rings is 1. The summed E-state index contributed by atoms with van der Waals surface area (Å²) in [6, 6.07) is 4.89. The number of nitrogens with zero attached hydrogens (tertiary/aromatic N) is 3. The summed E-state index contributed by atoms with van der Waals surface area (Å²) in [6.45, 7) is 6.31. The van der Waals surface area contributed by atoms with Crippen LogP contribution in [0.1, 0.15) is 26.6 Å². The zero-order valence-corrected chi connectivity index (χ0v) is 16.4. The number of aromatic nitrogens is 2. The third kappa shape index (κ3) is 4.38. The van der Waals surface area contributed by atoms with Gasteiger partial charge in [0.05, 0.1) is 5.02 Å². The van der Waals surface area contributed by atoms with Gasteiger partial charge < -0.3 is 9.84 Å². The summed E-state index contributed by atoms with van der Waals surface area (Å²) in [5, 5.41) is 7.21. The Bertz CT molecular complexity index is 819. The quantitative estimate of drug-likeness (QED) is 0.750. The van der Waals surface area contributed by atoms with Crippen molar-refractivity contribution >= 4 is 21.6 Å². The number of hydrogen-bond donors (Lipinski definition) is 1. The molecule has 0 spiro atoms. The molecular weight excluding hydrogens is 364 g/mol. The summed E-state index contributed by atoms with van der Waals surface area (Å²) in [5.74, 6) is 0.825. The molecule has 1 heterocycles. The predicted octanol–water partition coefficient (Wildman–Crippen LogP) is 2.57. The fourth-order valence-corrected chi connectivity index (χ4v) is 4.33. The minimum absolute atomic E-state index is 0.0405. The number of sulfonamides is 1. The number of rotatable bonds is 8. The van der Waals surface area contributed by atoms with Crippen molar-refractivity contribution in [3.8, 4) is 11.5 Å². The first kappa shape index (κ1) is 19.8. The molecule has 1 unspecified atom stereocenters. The molecule has 1 N–H and O–H groups in total. The van der Waals surface area contributed by atoms with E-state index < -0.39 is 10.0 Å². The lowest BCUT2D eigenvalue weighted by Crippen LogP contribution is -2.30.